The number of hydrogen-bond acceptors (Lipinski definition) is 1. The van der Waals surface area contributed by atoms with Gasteiger partial charge in [0.05, 0.1) is 0 Å². The summed E-state index contributed by atoms with van der Waals surface area (Å²) in [5.74, 6) is 0. The van der Waals surface area contributed by atoms with Crippen LogP contribution in [0.15, 0.2) is 146 Å². The molecule has 0 bridgehead atoms. The van der Waals surface area contributed by atoms with Crippen molar-refractivity contribution in [3.05, 3.63) is 162 Å². The first-order valence-corrected chi connectivity index (χ1v) is 15.2. The van der Waals surface area contributed by atoms with E-state index in [0.717, 1.165) is 22.6 Å². The van der Waals surface area contributed by atoms with Crippen LogP contribution in [0.2, 0.25) is 5.02 Å². The van der Waals surface area contributed by atoms with Gasteiger partial charge >= 0.3 is 0 Å². The van der Waals surface area contributed by atoms with Gasteiger partial charge in [0.15, 0.2) is 0 Å². The van der Waals surface area contributed by atoms with Gasteiger partial charge in [-0.25, -0.2) is 0 Å². The highest BCUT2D eigenvalue weighted by Crippen LogP contribution is 2.52. The van der Waals surface area contributed by atoms with E-state index in [2.05, 4.69) is 164 Å². The first-order valence-electron chi connectivity index (χ1n) is 14.8. The van der Waals surface area contributed by atoms with Crippen LogP contribution in [-0.4, -0.2) is 0 Å². The Balaban J connectivity index is 1.28. The summed E-state index contributed by atoms with van der Waals surface area (Å²) in [5.41, 5.74) is 10.8. The van der Waals surface area contributed by atoms with Crippen LogP contribution in [0.3, 0.4) is 0 Å². The van der Waals surface area contributed by atoms with Crippen molar-refractivity contribution in [1.29, 1.82) is 0 Å². The zero-order valence-electron chi connectivity index (χ0n) is 24.2. The van der Waals surface area contributed by atoms with E-state index in [1.54, 1.807) is 0 Å². The van der Waals surface area contributed by atoms with Crippen molar-refractivity contribution < 1.29 is 0 Å². The minimum absolute atomic E-state index is 0.104. The summed E-state index contributed by atoms with van der Waals surface area (Å²) in [6.45, 7) is 4.69. The zero-order chi connectivity index (χ0) is 29.1. The molecule has 0 atom stereocenters. The van der Waals surface area contributed by atoms with E-state index in [0.29, 0.717) is 5.02 Å². The fourth-order valence-electron chi connectivity index (χ4n) is 6.90. The highest BCUT2D eigenvalue weighted by molar-refractivity contribution is 6.31. The lowest BCUT2D eigenvalue weighted by molar-refractivity contribution is 0.661. The van der Waals surface area contributed by atoms with E-state index >= 15 is 0 Å². The molecule has 0 spiro atoms. The molecule has 0 aliphatic heterocycles. The molecule has 0 heterocycles. The molecule has 7 aromatic rings. The second-order valence-corrected chi connectivity index (χ2v) is 12.4. The second kappa shape index (κ2) is 9.87. The largest absolute Gasteiger partial charge is 0.310 e. The summed E-state index contributed by atoms with van der Waals surface area (Å²) in [4.78, 5) is 2.29. The van der Waals surface area contributed by atoms with Crippen molar-refractivity contribution in [2.24, 2.45) is 0 Å². The first-order chi connectivity index (χ1) is 21.0. The number of nitrogens with zero attached hydrogens (tertiary/aromatic N) is 1. The van der Waals surface area contributed by atoms with Gasteiger partial charge in [-0.2, -0.15) is 0 Å². The van der Waals surface area contributed by atoms with E-state index in [4.69, 9.17) is 11.6 Å². The molecule has 1 nitrogen and oxygen atoms in total. The summed E-state index contributed by atoms with van der Waals surface area (Å²) in [6.07, 6.45) is 0. The topological polar surface area (TPSA) is 3.24 Å². The molecule has 0 N–H and O–H groups in total. The Morgan fingerprint density at radius 2 is 1.21 bits per heavy atom. The van der Waals surface area contributed by atoms with Crippen molar-refractivity contribution in [3.63, 3.8) is 0 Å². The molecule has 8 rings (SSSR count). The van der Waals surface area contributed by atoms with Gasteiger partial charge in [-0.15, -0.1) is 0 Å². The number of halogens is 1. The van der Waals surface area contributed by atoms with Crippen LogP contribution in [0.25, 0.3) is 43.8 Å². The van der Waals surface area contributed by atoms with Crippen molar-refractivity contribution in [2.75, 3.05) is 4.90 Å². The number of benzene rings is 7. The lowest BCUT2D eigenvalue weighted by atomic mass is 9.81. The first kappa shape index (κ1) is 25.8. The van der Waals surface area contributed by atoms with Crippen LogP contribution in [0.5, 0.6) is 0 Å². The summed E-state index contributed by atoms with van der Waals surface area (Å²) < 4.78 is 0. The number of rotatable bonds is 4. The van der Waals surface area contributed by atoms with Gasteiger partial charge < -0.3 is 4.90 Å². The highest BCUT2D eigenvalue weighted by atomic mass is 35.5. The van der Waals surface area contributed by atoms with Gasteiger partial charge in [-0.05, 0) is 103 Å². The minimum atomic E-state index is -0.104. The van der Waals surface area contributed by atoms with E-state index in [1.165, 1.54) is 49.4 Å². The summed E-state index contributed by atoms with van der Waals surface area (Å²) >= 11 is 6.90. The fourth-order valence-corrected chi connectivity index (χ4v) is 7.13. The van der Waals surface area contributed by atoms with E-state index in [9.17, 15) is 0 Å². The molecule has 0 radical (unpaired) electrons. The smallest absolute Gasteiger partial charge is 0.0482 e. The maximum Gasteiger partial charge on any atom is 0.0482 e. The molecular formula is C41H30ClN. The number of hydrogen-bond donors (Lipinski definition) is 0. The molecule has 1 aliphatic carbocycles. The Hall–Kier alpha value is -4.85. The fraction of sp³-hybridized carbons (Fsp3) is 0.0732. The van der Waals surface area contributed by atoms with E-state index in [-0.39, 0.29) is 5.41 Å². The maximum atomic E-state index is 6.90. The van der Waals surface area contributed by atoms with Crippen LogP contribution in [0, 0.1) is 0 Å². The molecule has 43 heavy (non-hydrogen) atoms. The van der Waals surface area contributed by atoms with Crippen molar-refractivity contribution in [3.8, 4) is 22.3 Å². The average molecular weight is 572 g/mol. The van der Waals surface area contributed by atoms with Gasteiger partial charge in [0.2, 0.25) is 0 Å². The number of anilines is 3. The predicted octanol–water partition coefficient (Wildman–Crippen LogP) is 12.1. The standard InChI is InChI=1S/C41H30ClN/c1-41(2)38-21-18-28-11-8-9-15-36(28)40(38)37-20-17-30(25-39(37)41)31-22-32(42)26-35(24-31)43(33-13-4-3-5-14-33)34-19-16-27-10-6-7-12-29(27)23-34/h3-26H,1-2H3. The second-order valence-electron chi connectivity index (χ2n) is 12.0. The number of fused-ring (bicyclic) bond motifs is 6. The van der Waals surface area contributed by atoms with Gasteiger partial charge in [0.1, 0.15) is 0 Å². The van der Waals surface area contributed by atoms with Gasteiger partial charge in [-0.3, -0.25) is 0 Å². The lowest BCUT2D eigenvalue weighted by Gasteiger charge is -2.27. The van der Waals surface area contributed by atoms with Crippen LogP contribution in [0.4, 0.5) is 17.1 Å². The Labute approximate surface area is 257 Å². The Kier molecular flexibility index (Phi) is 5.93. The van der Waals surface area contributed by atoms with Crippen LogP contribution in [-0.2, 0) is 5.41 Å². The lowest BCUT2D eigenvalue weighted by Crippen LogP contribution is -2.15. The molecule has 206 valence electrons. The normalized spacial score (nSPS) is 13.2. The minimum Gasteiger partial charge on any atom is -0.310 e. The van der Waals surface area contributed by atoms with E-state index in [1.807, 2.05) is 0 Å². The SMILES string of the molecule is CC1(C)c2cc(-c3cc(Cl)cc(N(c4ccccc4)c4ccc5ccccc5c4)c3)ccc2-c2c1ccc1ccccc21. The van der Waals surface area contributed by atoms with Gasteiger partial charge in [-0.1, -0.05) is 123 Å². The van der Waals surface area contributed by atoms with Crippen LogP contribution < -0.4 is 4.90 Å². The summed E-state index contributed by atoms with van der Waals surface area (Å²) in [5, 5.41) is 5.74. The average Bonchev–Trinajstić information content (AvgIpc) is 3.27. The van der Waals surface area contributed by atoms with Crippen LogP contribution in [0.1, 0.15) is 25.0 Å². The van der Waals surface area contributed by atoms with Crippen molar-refractivity contribution in [2.45, 2.75) is 19.3 Å². The third kappa shape index (κ3) is 4.23. The molecule has 0 fully saturated rings. The molecule has 0 saturated carbocycles. The van der Waals surface area contributed by atoms with Crippen molar-refractivity contribution in [1.82, 2.24) is 0 Å². The third-order valence-corrected chi connectivity index (χ3v) is 9.26. The molecular weight excluding hydrogens is 542 g/mol. The number of para-hydroxylation sites is 1. The molecule has 1 aliphatic rings. The molecule has 0 unspecified atom stereocenters. The molecule has 2 heteroatoms. The molecule has 0 saturated heterocycles. The summed E-state index contributed by atoms with van der Waals surface area (Å²) in [7, 11) is 0. The van der Waals surface area contributed by atoms with Gasteiger partial charge in [0, 0.05) is 27.5 Å². The van der Waals surface area contributed by atoms with Gasteiger partial charge in [0.25, 0.3) is 0 Å². The van der Waals surface area contributed by atoms with Crippen LogP contribution >= 0.6 is 11.6 Å². The van der Waals surface area contributed by atoms with E-state index < -0.39 is 0 Å². The summed E-state index contributed by atoms with van der Waals surface area (Å²) in [6, 6.07) is 52.3. The molecule has 0 aromatic heterocycles. The van der Waals surface area contributed by atoms with Crippen molar-refractivity contribution >= 4 is 50.2 Å². The Morgan fingerprint density at radius 3 is 2.05 bits per heavy atom. The molecule has 0 amide bonds. The maximum absolute atomic E-state index is 6.90. The zero-order valence-corrected chi connectivity index (χ0v) is 24.9. The predicted molar refractivity (Wildman–Crippen MR) is 184 cm³/mol. The highest BCUT2D eigenvalue weighted by Gasteiger charge is 2.36. The molecule has 7 aromatic carbocycles. The quantitative estimate of drug-likeness (QED) is 0.203. The third-order valence-electron chi connectivity index (χ3n) is 9.04. The Morgan fingerprint density at radius 1 is 0.488 bits per heavy atom. The monoisotopic (exact) mass is 571 g/mol. The Bertz CT molecular complexity index is 2180.